The van der Waals surface area contributed by atoms with E-state index < -0.39 is 0 Å². The molecular formula is C14H16FN3. The SMILES string of the molecule is CCN(Cc1ccccn1)c1cccc(F)c1N. The van der Waals surface area contributed by atoms with Gasteiger partial charge in [-0.05, 0) is 31.2 Å². The minimum absolute atomic E-state index is 0.190. The van der Waals surface area contributed by atoms with Gasteiger partial charge >= 0.3 is 0 Å². The summed E-state index contributed by atoms with van der Waals surface area (Å²) in [5, 5.41) is 0. The van der Waals surface area contributed by atoms with Crippen molar-refractivity contribution < 1.29 is 4.39 Å². The van der Waals surface area contributed by atoms with Crippen LogP contribution in [0.1, 0.15) is 12.6 Å². The molecule has 1 aromatic carbocycles. The molecule has 0 aliphatic rings. The number of nitrogens with zero attached hydrogens (tertiary/aromatic N) is 2. The van der Waals surface area contributed by atoms with Gasteiger partial charge in [-0.25, -0.2) is 4.39 Å². The number of para-hydroxylation sites is 1. The van der Waals surface area contributed by atoms with Crippen molar-refractivity contribution in [2.24, 2.45) is 0 Å². The second-order valence-corrected chi connectivity index (χ2v) is 4.01. The number of aromatic nitrogens is 1. The van der Waals surface area contributed by atoms with Crippen molar-refractivity contribution in [3.63, 3.8) is 0 Å². The molecule has 0 unspecified atom stereocenters. The molecule has 0 radical (unpaired) electrons. The topological polar surface area (TPSA) is 42.2 Å². The van der Waals surface area contributed by atoms with Gasteiger partial charge in [0, 0.05) is 12.7 Å². The van der Waals surface area contributed by atoms with E-state index in [0.717, 1.165) is 12.2 Å². The summed E-state index contributed by atoms with van der Waals surface area (Å²) >= 11 is 0. The number of nitrogens with two attached hydrogens (primary N) is 1. The molecule has 0 saturated carbocycles. The van der Waals surface area contributed by atoms with Crippen LogP contribution >= 0.6 is 0 Å². The second-order valence-electron chi connectivity index (χ2n) is 4.01. The van der Waals surface area contributed by atoms with Crippen LogP contribution in [-0.2, 0) is 6.54 Å². The molecule has 0 atom stereocenters. The van der Waals surface area contributed by atoms with E-state index in [4.69, 9.17) is 5.73 Å². The Labute approximate surface area is 106 Å². The lowest BCUT2D eigenvalue weighted by Gasteiger charge is -2.24. The third kappa shape index (κ3) is 2.59. The molecule has 1 aromatic heterocycles. The van der Waals surface area contributed by atoms with Gasteiger partial charge < -0.3 is 10.6 Å². The van der Waals surface area contributed by atoms with Crippen LogP contribution in [0.4, 0.5) is 15.8 Å². The van der Waals surface area contributed by atoms with Crippen LogP contribution in [0.15, 0.2) is 42.6 Å². The van der Waals surface area contributed by atoms with Crippen molar-refractivity contribution in [3.05, 3.63) is 54.1 Å². The second kappa shape index (κ2) is 5.49. The highest BCUT2D eigenvalue weighted by atomic mass is 19.1. The molecule has 1 heterocycles. The molecule has 4 heteroatoms. The van der Waals surface area contributed by atoms with Gasteiger partial charge in [-0.15, -0.1) is 0 Å². The van der Waals surface area contributed by atoms with E-state index >= 15 is 0 Å². The van der Waals surface area contributed by atoms with Crippen LogP contribution in [0.2, 0.25) is 0 Å². The molecule has 0 amide bonds. The monoisotopic (exact) mass is 245 g/mol. The van der Waals surface area contributed by atoms with E-state index in [0.29, 0.717) is 12.2 Å². The maximum atomic E-state index is 13.4. The molecule has 3 nitrogen and oxygen atoms in total. The normalized spacial score (nSPS) is 10.3. The summed E-state index contributed by atoms with van der Waals surface area (Å²) < 4.78 is 13.4. The number of benzene rings is 1. The van der Waals surface area contributed by atoms with Gasteiger partial charge in [-0.1, -0.05) is 12.1 Å². The maximum Gasteiger partial charge on any atom is 0.148 e. The molecule has 2 rings (SSSR count). The zero-order valence-corrected chi connectivity index (χ0v) is 10.3. The number of halogens is 1. The smallest absolute Gasteiger partial charge is 0.148 e. The number of rotatable bonds is 4. The third-order valence-corrected chi connectivity index (χ3v) is 2.83. The lowest BCUT2D eigenvalue weighted by atomic mass is 10.2. The molecule has 2 N–H and O–H groups in total. The standard InChI is InChI=1S/C14H16FN3/c1-2-18(10-11-6-3-4-9-17-11)13-8-5-7-12(15)14(13)16/h3-9H,2,10,16H2,1H3. The largest absolute Gasteiger partial charge is 0.395 e. The highest BCUT2D eigenvalue weighted by Gasteiger charge is 2.11. The van der Waals surface area contributed by atoms with Crippen molar-refractivity contribution in [2.45, 2.75) is 13.5 Å². The molecule has 0 aliphatic carbocycles. The van der Waals surface area contributed by atoms with E-state index in [1.807, 2.05) is 36.1 Å². The highest BCUT2D eigenvalue weighted by molar-refractivity contribution is 5.68. The van der Waals surface area contributed by atoms with Gasteiger partial charge in [0.05, 0.1) is 23.6 Å². The van der Waals surface area contributed by atoms with Crippen molar-refractivity contribution in [1.29, 1.82) is 0 Å². The Balaban J connectivity index is 2.26. The van der Waals surface area contributed by atoms with Crippen molar-refractivity contribution in [2.75, 3.05) is 17.2 Å². The maximum absolute atomic E-state index is 13.4. The predicted octanol–water partition coefficient (Wildman–Crippen LogP) is 2.83. The Morgan fingerprint density at radius 1 is 1.22 bits per heavy atom. The van der Waals surface area contributed by atoms with Crippen LogP contribution in [0, 0.1) is 5.82 Å². The third-order valence-electron chi connectivity index (χ3n) is 2.83. The summed E-state index contributed by atoms with van der Waals surface area (Å²) in [4.78, 5) is 6.27. The van der Waals surface area contributed by atoms with Gasteiger partial charge in [-0.3, -0.25) is 4.98 Å². The molecule has 2 aromatic rings. The molecule has 0 aliphatic heterocycles. The summed E-state index contributed by atoms with van der Waals surface area (Å²) in [6.07, 6.45) is 1.75. The van der Waals surface area contributed by atoms with Crippen LogP contribution in [0.3, 0.4) is 0 Å². The lowest BCUT2D eigenvalue weighted by Crippen LogP contribution is -2.23. The fourth-order valence-corrected chi connectivity index (χ4v) is 1.86. The van der Waals surface area contributed by atoms with E-state index in [9.17, 15) is 4.39 Å². The Hall–Kier alpha value is -2.10. The fraction of sp³-hybridized carbons (Fsp3) is 0.214. The van der Waals surface area contributed by atoms with Crippen LogP contribution in [0.5, 0.6) is 0 Å². The van der Waals surface area contributed by atoms with E-state index in [1.54, 1.807) is 12.3 Å². The average molecular weight is 245 g/mol. The summed E-state index contributed by atoms with van der Waals surface area (Å²) in [7, 11) is 0. The fourth-order valence-electron chi connectivity index (χ4n) is 1.86. The molecule has 94 valence electrons. The molecule has 0 bridgehead atoms. The molecule has 0 spiro atoms. The summed E-state index contributed by atoms with van der Waals surface area (Å²) in [5.41, 5.74) is 7.61. The van der Waals surface area contributed by atoms with Crippen LogP contribution in [0.25, 0.3) is 0 Å². The van der Waals surface area contributed by atoms with Crippen molar-refractivity contribution >= 4 is 11.4 Å². The summed E-state index contributed by atoms with van der Waals surface area (Å²) in [6, 6.07) is 10.6. The van der Waals surface area contributed by atoms with E-state index in [2.05, 4.69) is 4.98 Å². The number of pyridine rings is 1. The Morgan fingerprint density at radius 2 is 2.06 bits per heavy atom. The Bertz CT molecular complexity index is 514. The van der Waals surface area contributed by atoms with Crippen LogP contribution in [-0.4, -0.2) is 11.5 Å². The van der Waals surface area contributed by atoms with E-state index in [-0.39, 0.29) is 11.5 Å². The first-order valence-corrected chi connectivity index (χ1v) is 5.91. The summed E-state index contributed by atoms with van der Waals surface area (Å²) in [6.45, 7) is 3.36. The van der Waals surface area contributed by atoms with Gasteiger partial charge in [0.2, 0.25) is 0 Å². The van der Waals surface area contributed by atoms with Crippen LogP contribution < -0.4 is 10.6 Å². The van der Waals surface area contributed by atoms with Crippen molar-refractivity contribution in [3.8, 4) is 0 Å². The number of nitrogen functional groups attached to an aromatic ring is 1. The number of hydrogen-bond acceptors (Lipinski definition) is 3. The summed E-state index contributed by atoms with van der Waals surface area (Å²) in [5.74, 6) is -0.382. The first-order valence-electron chi connectivity index (χ1n) is 5.91. The zero-order chi connectivity index (χ0) is 13.0. The first-order chi connectivity index (χ1) is 8.72. The van der Waals surface area contributed by atoms with E-state index in [1.165, 1.54) is 6.07 Å². The minimum atomic E-state index is -0.382. The highest BCUT2D eigenvalue weighted by Crippen LogP contribution is 2.26. The molecular weight excluding hydrogens is 229 g/mol. The predicted molar refractivity (Wildman–Crippen MR) is 71.8 cm³/mol. The van der Waals surface area contributed by atoms with Gasteiger partial charge in [0.1, 0.15) is 5.82 Å². The Morgan fingerprint density at radius 3 is 2.72 bits per heavy atom. The number of anilines is 2. The van der Waals surface area contributed by atoms with Gasteiger partial charge in [0.25, 0.3) is 0 Å². The van der Waals surface area contributed by atoms with Gasteiger partial charge in [-0.2, -0.15) is 0 Å². The first kappa shape index (κ1) is 12.4. The molecule has 18 heavy (non-hydrogen) atoms. The quantitative estimate of drug-likeness (QED) is 0.842. The minimum Gasteiger partial charge on any atom is -0.395 e. The van der Waals surface area contributed by atoms with Crippen molar-refractivity contribution in [1.82, 2.24) is 4.98 Å². The zero-order valence-electron chi connectivity index (χ0n) is 10.3. The Kier molecular flexibility index (Phi) is 3.77. The average Bonchev–Trinajstić information content (AvgIpc) is 2.41. The lowest BCUT2D eigenvalue weighted by molar-refractivity contribution is 0.631. The number of hydrogen-bond donors (Lipinski definition) is 1. The van der Waals surface area contributed by atoms with Gasteiger partial charge in [0.15, 0.2) is 0 Å². The molecule has 0 saturated heterocycles. The molecule has 0 fully saturated rings.